The lowest BCUT2D eigenvalue weighted by molar-refractivity contribution is 0.100. The molecule has 7 heteroatoms. The molecule has 1 fully saturated rings. The first kappa shape index (κ1) is 16.8. The maximum Gasteiger partial charge on any atom is 0.250 e. The van der Waals surface area contributed by atoms with Crippen LogP contribution < -0.4 is 16.4 Å². The normalized spacial score (nSPS) is 19.6. The summed E-state index contributed by atoms with van der Waals surface area (Å²) in [6.07, 6.45) is 1.45. The van der Waals surface area contributed by atoms with E-state index in [0.717, 1.165) is 29.1 Å². The Morgan fingerprint density at radius 2 is 2.00 bits per heavy atom. The van der Waals surface area contributed by atoms with Gasteiger partial charge >= 0.3 is 0 Å². The average molecular weight is 368 g/mol. The lowest BCUT2D eigenvalue weighted by atomic mass is 9.94. The molecule has 0 bridgehead atoms. The van der Waals surface area contributed by atoms with E-state index in [2.05, 4.69) is 26.7 Å². The Hall–Kier alpha value is -2.70. The van der Waals surface area contributed by atoms with Crippen LogP contribution in [0, 0.1) is 0 Å². The van der Waals surface area contributed by atoms with Crippen molar-refractivity contribution in [1.29, 1.82) is 0 Å². The summed E-state index contributed by atoms with van der Waals surface area (Å²) in [6.45, 7) is 1.62. The van der Waals surface area contributed by atoms with Crippen LogP contribution in [-0.4, -0.2) is 35.0 Å². The van der Waals surface area contributed by atoms with Crippen LogP contribution in [0.4, 0.5) is 5.82 Å². The van der Waals surface area contributed by atoms with E-state index in [1.54, 1.807) is 12.1 Å². The van der Waals surface area contributed by atoms with Crippen LogP contribution in [0.2, 0.25) is 5.02 Å². The second kappa shape index (κ2) is 6.90. The lowest BCUT2D eigenvalue weighted by Gasteiger charge is -2.22. The van der Waals surface area contributed by atoms with Crippen LogP contribution >= 0.6 is 11.6 Å². The minimum Gasteiger partial charge on any atom is -0.366 e. The number of carbonyl (C=O) groups excluding carboxylic acids is 1. The topological polar surface area (TPSA) is 92.9 Å². The molecular weight excluding hydrogens is 350 g/mol. The Kier molecular flexibility index (Phi) is 4.44. The molecule has 1 saturated heterocycles. The summed E-state index contributed by atoms with van der Waals surface area (Å²) in [6, 6.07) is 13.3. The average Bonchev–Trinajstić information content (AvgIpc) is 3.10. The monoisotopic (exact) mass is 367 g/mol. The molecule has 0 aliphatic carbocycles. The van der Waals surface area contributed by atoms with Gasteiger partial charge in [-0.15, -0.1) is 0 Å². The smallest absolute Gasteiger partial charge is 0.250 e. The van der Waals surface area contributed by atoms with Crippen LogP contribution in [0.1, 0.15) is 21.8 Å². The van der Waals surface area contributed by atoms with Crippen LogP contribution in [0.5, 0.6) is 0 Å². The zero-order valence-corrected chi connectivity index (χ0v) is 14.7. The summed E-state index contributed by atoms with van der Waals surface area (Å²) in [5, 5.41) is 8.44. The van der Waals surface area contributed by atoms with Crippen LogP contribution in [-0.2, 0) is 0 Å². The highest BCUT2D eigenvalue weighted by molar-refractivity contribution is 6.31. The number of anilines is 1. The Balaban J connectivity index is 1.70. The van der Waals surface area contributed by atoms with Crippen molar-refractivity contribution in [3.63, 3.8) is 0 Å². The van der Waals surface area contributed by atoms with Gasteiger partial charge in [0.15, 0.2) is 0 Å². The molecule has 1 aliphatic heterocycles. The fourth-order valence-corrected chi connectivity index (χ4v) is 3.79. The standard InChI is InChI=1S/C19H18ClN5O/c20-15-7-2-1-4-11(15)14-8-22-9-16(14)25-19-13-6-3-5-12(18(21)26)17(13)23-10-24-19/h1-7,10,14,16,22H,8-9H2,(H2,21,26)(H,23,24,25)/t14-,16+/m0/s1. The van der Waals surface area contributed by atoms with Gasteiger partial charge in [-0.25, -0.2) is 9.97 Å². The molecule has 0 radical (unpaired) electrons. The number of aromatic nitrogens is 2. The van der Waals surface area contributed by atoms with Gasteiger partial charge in [0, 0.05) is 35.5 Å². The summed E-state index contributed by atoms with van der Waals surface area (Å²) >= 11 is 6.39. The van der Waals surface area contributed by atoms with Crippen LogP contribution in [0.3, 0.4) is 0 Å². The van der Waals surface area contributed by atoms with E-state index in [1.807, 2.05) is 24.3 Å². The van der Waals surface area contributed by atoms with Gasteiger partial charge in [0.25, 0.3) is 5.91 Å². The fourth-order valence-electron chi connectivity index (χ4n) is 3.51. The van der Waals surface area contributed by atoms with Crippen molar-refractivity contribution in [2.45, 2.75) is 12.0 Å². The quantitative estimate of drug-likeness (QED) is 0.659. The highest BCUT2D eigenvalue weighted by atomic mass is 35.5. The number of rotatable bonds is 4. The largest absolute Gasteiger partial charge is 0.366 e. The third-order valence-corrected chi connectivity index (χ3v) is 5.12. The summed E-state index contributed by atoms with van der Waals surface area (Å²) in [5.41, 5.74) is 7.51. The molecule has 0 unspecified atom stereocenters. The van der Waals surface area contributed by atoms with Crippen molar-refractivity contribution >= 4 is 34.2 Å². The maximum absolute atomic E-state index is 11.7. The number of carbonyl (C=O) groups is 1. The van der Waals surface area contributed by atoms with E-state index in [0.29, 0.717) is 16.9 Å². The molecule has 26 heavy (non-hydrogen) atoms. The number of hydrogen-bond donors (Lipinski definition) is 3. The number of primary amides is 1. The molecular formula is C19H18ClN5O. The summed E-state index contributed by atoms with van der Waals surface area (Å²) in [4.78, 5) is 20.3. The minimum absolute atomic E-state index is 0.116. The van der Waals surface area contributed by atoms with Gasteiger partial charge < -0.3 is 16.4 Å². The zero-order chi connectivity index (χ0) is 18.1. The van der Waals surface area contributed by atoms with Crippen LogP contribution in [0.25, 0.3) is 10.9 Å². The fraction of sp³-hybridized carbons (Fsp3) is 0.211. The van der Waals surface area contributed by atoms with Gasteiger partial charge in [-0.05, 0) is 23.8 Å². The Morgan fingerprint density at radius 1 is 1.15 bits per heavy atom. The van der Waals surface area contributed by atoms with Crippen molar-refractivity contribution in [2.24, 2.45) is 5.73 Å². The molecule has 4 rings (SSSR count). The summed E-state index contributed by atoms with van der Waals surface area (Å²) in [5.74, 6) is 0.397. The second-order valence-electron chi connectivity index (χ2n) is 6.33. The molecule has 6 nitrogen and oxygen atoms in total. The van der Waals surface area contributed by atoms with E-state index in [4.69, 9.17) is 17.3 Å². The molecule has 4 N–H and O–H groups in total. The van der Waals surface area contributed by atoms with E-state index in [1.165, 1.54) is 6.33 Å². The highest BCUT2D eigenvalue weighted by Gasteiger charge is 2.30. The van der Waals surface area contributed by atoms with Gasteiger partial charge in [0.2, 0.25) is 0 Å². The second-order valence-corrected chi connectivity index (χ2v) is 6.73. The number of halogens is 1. The number of amides is 1. The Morgan fingerprint density at radius 3 is 2.81 bits per heavy atom. The van der Waals surface area contributed by atoms with E-state index >= 15 is 0 Å². The van der Waals surface area contributed by atoms with Gasteiger partial charge in [0.1, 0.15) is 12.1 Å². The third-order valence-electron chi connectivity index (χ3n) is 4.77. The number of nitrogens with one attached hydrogen (secondary N) is 2. The van der Waals surface area contributed by atoms with Crippen molar-refractivity contribution in [2.75, 3.05) is 18.4 Å². The minimum atomic E-state index is -0.503. The van der Waals surface area contributed by atoms with Gasteiger partial charge in [-0.1, -0.05) is 35.9 Å². The summed E-state index contributed by atoms with van der Waals surface area (Å²) in [7, 11) is 0. The van der Waals surface area contributed by atoms with Crippen molar-refractivity contribution < 1.29 is 4.79 Å². The Bertz CT molecular complexity index is 977. The lowest BCUT2D eigenvalue weighted by Crippen LogP contribution is -2.28. The zero-order valence-electron chi connectivity index (χ0n) is 13.9. The molecule has 1 aromatic heterocycles. The number of fused-ring (bicyclic) bond motifs is 1. The van der Waals surface area contributed by atoms with E-state index < -0.39 is 5.91 Å². The molecule has 2 heterocycles. The molecule has 2 atom stereocenters. The molecule has 3 aromatic rings. The first-order chi connectivity index (χ1) is 12.6. The van der Waals surface area contributed by atoms with Gasteiger partial charge in [-0.2, -0.15) is 0 Å². The number of para-hydroxylation sites is 1. The maximum atomic E-state index is 11.7. The van der Waals surface area contributed by atoms with Crippen molar-refractivity contribution in [3.05, 3.63) is 64.9 Å². The van der Waals surface area contributed by atoms with Crippen LogP contribution in [0.15, 0.2) is 48.8 Å². The predicted molar refractivity (Wildman–Crippen MR) is 103 cm³/mol. The third kappa shape index (κ3) is 2.98. The molecule has 132 valence electrons. The van der Waals surface area contributed by atoms with Gasteiger partial charge in [0.05, 0.1) is 11.1 Å². The molecule has 0 spiro atoms. The number of nitrogens with zero attached hydrogens (tertiary/aromatic N) is 2. The number of benzene rings is 2. The predicted octanol–water partition coefficient (Wildman–Crippen LogP) is 2.55. The molecule has 1 aliphatic rings. The molecule has 1 amide bonds. The first-order valence-electron chi connectivity index (χ1n) is 8.40. The van der Waals surface area contributed by atoms with Crippen molar-refractivity contribution in [3.8, 4) is 0 Å². The highest BCUT2D eigenvalue weighted by Crippen LogP contribution is 2.32. The molecule has 0 saturated carbocycles. The molecule has 2 aromatic carbocycles. The first-order valence-corrected chi connectivity index (χ1v) is 8.78. The van der Waals surface area contributed by atoms with E-state index in [-0.39, 0.29) is 12.0 Å². The number of nitrogens with two attached hydrogens (primary N) is 1. The summed E-state index contributed by atoms with van der Waals surface area (Å²) < 4.78 is 0. The number of hydrogen-bond acceptors (Lipinski definition) is 5. The van der Waals surface area contributed by atoms with Crippen molar-refractivity contribution in [1.82, 2.24) is 15.3 Å². The van der Waals surface area contributed by atoms with E-state index in [9.17, 15) is 4.79 Å². The van der Waals surface area contributed by atoms with Gasteiger partial charge in [-0.3, -0.25) is 4.79 Å². The SMILES string of the molecule is NC(=O)c1cccc2c(N[C@@H]3CNC[C@H]3c3ccccc3Cl)ncnc12. The Labute approximate surface area is 155 Å².